The van der Waals surface area contributed by atoms with Crippen molar-refractivity contribution in [2.75, 3.05) is 23.7 Å². The molecule has 0 atom stereocenters. The molecular formula is C20H24N4O. The molecule has 5 heteroatoms. The summed E-state index contributed by atoms with van der Waals surface area (Å²) in [7, 11) is 0. The van der Waals surface area contributed by atoms with Crippen LogP contribution in [0.3, 0.4) is 0 Å². The summed E-state index contributed by atoms with van der Waals surface area (Å²) in [5, 5.41) is 14.2. The van der Waals surface area contributed by atoms with Crippen LogP contribution in [0.5, 0.6) is 0 Å². The molecule has 0 radical (unpaired) electrons. The first-order valence-electron chi connectivity index (χ1n) is 8.75. The lowest BCUT2D eigenvalue weighted by Gasteiger charge is -2.19. The first-order chi connectivity index (χ1) is 12.2. The Labute approximate surface area is 148 Å². The number of amides is 1. The highest BCUT2D eigenvalue weighted by atomic mass is 16.1. The van der Waals surface area contributed by atoms with E-state index in [1.807, 2.05) is 54.6 Å². The van der Waals surface area contributed by atoms with Gasteiger partial charge < -0.3 is 15.5 Å². The molecule has 3 N–H and O–H groups in total. The predicted octanol–water partition coefficient (Wildman–Crippen LogP) is 3.70. The number of aryl methyl sites for hydroxylation is 1. The molecule has 25 heavy (non-hydrogen) atoms. The summed E-state index contributed by atoms with van der Waals surface area (Å²) in [4.78, 5) is 14.1. The van der Waals surface area contributed by atoms with Crippen LogP contribution in [0.25, 0.3) is 0 Å². The van der Waals surface area contributed by atoms with E-state index >= 15 is 0 Å². The third-order valence-corrected chi connectivity index (χ3v) is 4.31. The zero-order valence-corrected chi connectivity index (χ0v) is 14.3. The summed E-state index contributed by atoms with van der Waals surface area (Å²) >= 11 is 0. The average molecular weight is 336 g/mol. The molecule has 1 aliphatic heterocycles. The number of carbonyl (C=O) groups is 1. The van der Waals surface area contributed by atoms with Crippen LogP contribution in [0.4, 0.5) is 11.4 Å². The topological polar surface area (TPSA) is 68.2 Å². The van der Waals surface area contributed by atoms with Crippen molar-refractivity contribution in [3.63, 3.8) is 0 Å². The molecule has 0 saturated carbocycles. The molecular weight excluding hydrogens is 312 g/mol. The van der Waals surface area contributed by atoms with E-state index < -0.39 is 0 Å². The third kappa shape index (κ3) is 5.08. The molecule has 3 rings (SSSR count). The normalized spacial score (nSPS) is 13.5. The quantitative estimate of drug-likeness (QED) is 0.576. The minimum Gasteiger partial charge on any atom is -0.343 e. The van der Waals surface area contributed by atoms with Crippen molar-refractivity contribution in [3.8, 4) is 0 Å². The summed E-state index contributed by atoms with van der Waals surface area (Å²) in [5.74, 6) is 0.464. The van der Waals surface area contributed by atoms with Crippen LogP contribution >= 0.6 is 0 Å². The van der Waals surface area contributed by atoms with Gasteiger partial charge in [0.05, 0.1) is 0 Å². The Balaban J connectivity index is 1.51. The molecule has 5 nitrogen and oxygen atoms in total. The van der Waals surface area contributed by atoms with Crippen molar-refractivity contribution in [2.24, 2.45) is 0 Å². The van der Waals surface area contributed by atoms with Crippen LogP contribution in [0.1, 0.15) is 24.8 Å². The van der Waals surface area contributed by atoms with Gasteiger partial charge in [0.25, 0.3) is 0 Å². The average Bonchev–Trinajstić information content (AvgIpc) is 3.16. The molecule has 1 saturated heterocycles. The van der Waals surface area contributed by atoms with Gasteiger partial charge >= 0.3 is 0 Å². The second kappa shape index (κ2) is 8.33. The smallest absolute Gasteiger partial charge is 0.224 e. The molecule has 1 fully saturated rings. The third-order valence-electron chi connectivity index (χ3n) is 4.31. The van der Waals surface area contributed by atoms with Gasteiger partial charge in [-0.1, -0.05) is 30.3 Å². The van der Waals surface area contributed by atoms with Crippen LogP contribution in [0.2, 0.25) is 0 Å². The molecule has 0 spiro atoms. The Morgan fingerprint density at radius 3 is 2.44 bits per heavy atom. The summed E-state index contributed by atoms with van der Waals surface area (Å²) < 4.78 is 0. The first kappa shape index (κ1) is 17.0. The lowest BCUT2D eigenvalue weighted by molar-refractivity contribution is -0.116. The number of hydrogen-bond acceptors (Lipinski definition) is 2. The Kier molecular flexibility index (Phi) is 5.67. The maximum atomic E-state index is 12.1. The van der Waals surface area contributed by atoms with E-state index in [-0.39, 0.29) is 5.91 Å². The predicted molar refractivity (Wildman–Crippen MR) is 102 cm³/mol. The monoisotopic (exact) mass is 336 g/mol. The molecule has 2 aromatic rings. The number of guanidine groups is 1. The lowest BCUT2D eigenvalue weighted by atomic mass is 10.1. The zero-order valence-electron chi connectivity index (χ0n) is 14.3. The summed E-state index contributed by atoms with van der Waals surface area (Å²) in [6.07, 6.45) is 3.41. The fourth-order valence-electron chi connectivity index (χ4n) is 2.96. The molecule has 0 aromatic heterocycles. The van der Waals surface area contributed by atoms with E-state index in [0.29, 0.717) is 18.8 Å². The first-order valence-corrected chi connectivity index (χ1v) is 8.75. The largest absolute Gasteiger partial charge is 0.343 e. The van der Waals surface area contributed by atoms with Crippen LogP contribution < -0.4 is 10.6 Å². The van der Waals surface area contributed by atoms with Gasteiger partial charge in [-0.3, -0.25) is 10.2 Å². The summed E-state index contributed by atoms with van der Waals surface area (Å²) in [6, 6.07) is 17.4. The highest BCUT2D eigenvalue weighted by Gasteiger charge is 2.14. The highest BCUT2D eigenvalue weighted by molar-refractivity contribution is 5.92. The number of benzene rings is 2. The molecule has 0 unspecified atom stereocenters. The van der Waals surface area contributed by atoms with Gasteiger partial charge in [-0.05, 0) is 49.1 Å². The Hall–Kier alpha value is -2.82. The van der Waals surface area contributed by atoms with E-state index in [1.165, 1.54) is 0 Å². The van der Waals surface area contributed by atoms with Crippen molar-refractivity contribution < 1.29 is 4.79 Å². The van der Waals surface area contributed by atoms with E-state index in [0.717, 1.165) is 42.9 Å². The second-order valence-electron chi connectivity index (χ2n) is 6.28. The number of nitrogens with zero attached hydrogens (tertiary/aromatic N) is 1. The number of anilines is 2. The Morgan fingerprint density at radius 2 is 1.68 bits per heavy atom. The van der Waals surface area contributed by atoms with Crippen LogP contribution in [0, 0.1) is 5.41 Å². The summed E-state index contributed by atoms with van der Waals surface area (Å²) in [6.45, 7) is 1.90. The molecule has 2 aromatic carbocycles. The number of nitrogens with one attached hydrogen (secondary N) is 3. The number of para-hydroxylation sites is 1. The number of likely N-dealkylation sites (tertiary alicyclic amines) is 1. The van der Waals surface area contributed by atoms with Gasteiger partial charge in [0.2, 0.25) is 5.91 Å². The van der Waals surface area contributed by atoms with Crippen molar-refractivity contribution in [3.05, 3.63) is 60.2 Å². The highest BCUT2D eigenvalue weighted by Crippen LogP contribution is 2.15. The standard InChI is InChI=1S/C20H24N4O/c21-20(24-13-4-5-14-24)23-18-10-6-7-16(15-18)11-12-19(25)22-17-8-2-1-3-9-17/h1-3,6-10,15H,4-5,11-14H2,(H2,21,23)(H,22,25). The van der Waals surface area contributed by atoms with Crippen LogP contribution in [0.15, 0.2) is 54.6 Å². The Morgan fingerprint density at radius 1 is 0.960 bits per heavy atom. The molecule has 0 aliphatic carbocycles. The molecule has 130 valence electrons. The minimum atomic E-state index is 0.00868. The van der Waals surface area contributed by atoms with Crippen LogP contribution in [-0.2, 0) is 11.2 Å². The number of carbonyl (C=O) groups excluding carboxylic acids is 1. The number of rotatable bonds is 5. The minimum absolute atomic E-state index is 0.00868. The van der Waals surface area contributed by atoms with Crippen molar-refractivity contribution >= 4 is 23.2 Å². The van der Waals surface area contributed by atoms with Crippen molar-refractivity contribution in [1.29, 1.82) is 5.41 Å². The van der Waals surface area contributed by atoms with E-state index in [9.17, 15) is 4.79 Å². The van der Waals surface area contributed by atoms with E-state index in [4.69, 9.17) is 5.41 Å². The fourth-order valence-corrected chi connectivity index (χ4v) is 2.96. The molecule has 1 aliphatic rings. The van der Waals surface area contributed by atoms with Gasteiger partial charge in [0.15, 0.2) is 5.96 Å². The van der Waals surface area contributed by atoms with Gasteiger partial charge in [-0.15, -0.1) is 0 Å². The van der Waals surface area contributed by atoms with Gasteiger partial charge in [0, 0.05) is 30.9 Å². The Bertz CT molecular complexity index is 723. The maximum Gasteiger partial charge on any atom is 0.224 e. The van der Waals surface area contributed by atoms with E-state index in [1.54, 1.807) is 0 Å². The zero-order chi connectivity index (χ0) is 17.5. The summed E-state index contributed by atoms with van der Waals surface area (Å²) in [5.41, 5.74) is 2.81. The lowest BCUT2D eigenvalue weighted by Crippen LogP contribution is -2.32. The van der Waals surface area contributed by atoms with Gasteiger partial charge in [-0.25, -0.2) is 0 Å². The molecule has 0 bridgehead atoms. The molecule has 1 heterocycles. The SMILES string of the molecule is N=C(Nc1cccc(CCC(=O)Nc2ccccc2)c1)N1CCCC1. The van der Waals surface area contributed by atoms with Gasteiger partial charge in [0.1, 0.15) is 0 Å². The van der Waals surface area contributed by atoms with Crippen LogP contribution in [-0.4, -0.2) is 29.9 Å². The van der Waals surface area contributed by atoms with Crippen molar-refractivity contribution in [2.45, 2.75) is 25.7 Å². The van der Waals surface area contributed by atoms with Crippen molar-refractivity contribution in [1.82, 2.24) is 4.90 Å². The fraction of sp³-hybridized carbons (Fsp3) is 0.300. The second-order valence-corrected chi connectivity index (χ2v) is 6.28. The maximum absolute atomic E-state index is 12.1. The van der Waals surface area contributed by atoms with E-state index in [2.05, 4.69) is 15.5 Å². The molecule has 1 amide bonds. The van der Waals surface area contributed by atoms with Gasteiger partial charge in [-0.2, -0.15) is 0 Å². The number of hydrogen-bond donors (Lipinski definition) is 3.